The van der Waals surface area contributed by atoms with E-state index in [1.165, 1.54) is 11.8 Å². The van der Waals surface area contributed by atoms with E-state index in [-0.39, 0.29) is 23.8 Å². The molecule has 57 heavy (non-hydrogen) atoms. The van der Waals surface area contributed by atoms with Crippen LogP contribution in [-0.4, -0.2) is 113 Å². The molecule has 1 N–H and O–H groups in total. The highest BCUT2D eigenvalue weighted by Gasteiger charge is 2.41. The third-order valence-electron chi connectivity index (χ3n) is 12.3. The van der Waals surface area contributed by atoms with Gasteiger partial charge in [0.15, 0.2) is 0 Å². The number of fused-ring (bicyclic) bond motifs is 1. The van der Waals surface area contributed by atoms with Gasteiger partial charge in [0.25, 0.3) is 5.91 Å². The van der Waals surface area contributed by atoms with Crippen molar-refractivity contribution in [2.75, 3.05) is 98.7 Å². The summed E-state index contributed by atoms with van der Waals surface area (Å²) < 4.78 is 46.2. The third kappa shape index (κ3) is 7.92. The van der Waals surface area contributed by atoms with Crippen LogP contribution in [0.25, 0.3) is 0 Å². The summed E-state index contributed by atoms with van der Waals surface area (Å²) in [7, 11) is 1.56. The van der Waals surface area contributed by atoms with Crippen molar-refractivity contribution in [2.24, 2.45) is 5.92 Å². The SMILES string of the molecule is COc1cc(N2CCN(CC3CCN(c4ccc(N5CCN(c6ccc(C#N)c(C(F)(F)F)c6)CC5)cc4)CC3)CC2)cc2c1C(=O)N(C1CCC(=O)NC1=O)C2. The molecule has 0 bridgehead atoms. The lowest BCUT2D eigenvalue weighted by atomic mass is 9.95. The van der Waals surface area contributed by atoms with E-state index in [0.29, 0.717) is 62.1 Å². The first-order valence-electron chi connectivity index (χ1n) is 19.8. The van der Waals surface area contributed by atoms with Crippen molar-refractivity contribution in [1.82, 2.24) is 15.1 Å². The predicted octanol–water partition coefficient (Wildman–Crippen LogP) is 4.71. The number of nitriles is 1. The van der Waals surface area contributed by atoms with Crippen molar-refractivity contribution in [1.29, 1.82) is 5.26 Å². The van der Waals surface area contributed by atoms with Gasteiger partial charge in [-0.3, -0.25) is 24.6 Å². The van der Waals surface area contributed by atoms with Crippen molar-refractivity contribution < 1.29 is 32.3 Å². The molecule has 8 rings (SSSR count). The molecule has 0 aromatic heterocycles. The van der Waals surface area contributed by atoms with E-state index < -0.39 is 23.7 Å². The van der Waals surface area contributed by atoms with Gasteiger partial charge in [0.1, 0.15) is 11.8 Å². The van der Waals surface area contributed by atoms with Crippen molar-refractivity contribution >= 4 is 40.5 Å². The molecule has 0 aliphatic carbocycles. The van der Waals surface area contributed by atoms with Gasteiger partial charge >= 0.3 is 6.18 Å². The summed E-state index contributed by atoms with van der Waals surface area (Å²) in [6.07, 6.45) is -1.80. The highest BCUT2D eigenvalue weighted by Crippen LogP contribution is 2.38. The van der Waals surface area contributed by atoms with Crippen LogP contribution in [-0.2, 0) is 22.3 Å². The Bertz CT molecular complexity index is 2050. The second kappa shape index (κ2) is 15.8. The number of methoxy groups -OCH3 is 1. The maximum absolute atomic E-state index is 13.5. The van der Waals surface area contributed by atoms with Gasteiger partial charge in [-0.15, -0.1) is 0 Å². The minimum Gasteiger partial charge on any atom is -0.496 e. The van der Waals surface area contributed by atoms with Crippen LogP contribution < -0.4 is 29.7 Å². The van der Waals surface area contributed by atoms with Crippen molar-refractivity contribution in [2.45, 2.75) is 44.4 Å². The van der Waals surface area contributed by atoms with E-state index in [9.17, 15) is 27.6 Å². The van der Waals surface area contributed by atoms with Crippen LogP contribution >= 0.6 is 0 Å². The van der Waals surface area contributed by atoms with Crippen molar-refractivity contribution in [3.63, 3.8) is 0 Å². The van der Waals surface area contributed by atoms with E-state index in [0.717, 1.165) is 81.7 Å². The van der Waals surface area contributed by atoms with E-state index in [2.05, 4.69) is 55.2 Å². The van der Waals surface area contributed by atoms with Gasteiger partial charge in [-0.25, -0.2) is 0 Å². The average molecular weight is 785 g/mol. The van der Waals surface area contributed by atoms with Crippen molar-refractivity contribution in [3.8, 4) is 11.8 Å². The molecule has 1 atom stereocenters. The lowest BCUT2D eigenvalue weighted by Crippen LogP contribution is -2.52. The fraction of sp³-hybridized carbons (Fsp3) is 0.476. The summed E-state index contributed by atoms with van der Waals surface area (Å²) in [5.41, 5.74) is 3.90. The Morgan fingerprint density at radius 2 is 1.33 bits per heavy atom. The van der Waals surface area contributed by atoms with Crippen molar-refractivity contribution in [3.05, 3.63) is 76.9 Å². The summed E-state index contributed by atoms with van der Waals surface area (Å²) in [6, 6.07) is 17.6. The zero-order valence-corrected chi connectivity index (χ0v) is 32.1. The molecule has 4 fully saturated rings. The van der Waals surface area contributed by atoms with Crippen LogP contribution in [0.2, 0.25) is 0 Å². The topological polar surface area (TPSA) is 116 Å². The third-order valence-corrected chi connectivity index (χ3v) is 12.3. The Labute approximate surface area is 330 Å². The molecule has 1 unspecified atom stereocenters. The van der Waals surface area contributed by atoms with E-state index in [4.69, 9.17) is 10.00 Å². The van der Waals surface area contributed by atoms with Crippen LogP contribution in [0.4, 0.5) is 35.9 Å². The Kier molecular flexibility index (Phi) is 10.6. The van der Waals surface area contributed by atoms with E-state index in [1.54, 1.807) is 24.1 Å². The normalized spacial score (nSPS) is 21.1. The molecule has 5 heterocycles. The highest BCUT2D eigenvalue weighted by molar-refractivity contribution is 6.06. The molecule has 0 radical (unpaired) electrons. The number of hydrogen-bond acceptors (Lipinski definition) is 10. The molecular weight excluding hydrogens is 738 g/mol. The first kappa shape index (κ1) is 38.4. The van der Waals surface area contributed by atoms with Crippen LogP contribution in [0.3, 0.4) is 0 Å². The number of anilines is 4. The van der Waals surface area contributed by atoms with Gasteiger partial charge in [0.2, 0.25) is 11.8 Å². The van der Waals surface area contributed by atoms with E-state index in [1.807, 2.05) is 11.0 Å². The number of benzene rings is 3. The highest BCUT2D eigenvalue weighted by atomic mass is 19.4. The second-order valence-corrected chi connectivity index (χ2v) is 15.6. The van der Waals surface area contributed by atoms with Crippen LogP contribution in [0, 0.1) is 17.2 Å². The van der Waals surface area contributed by atoms with Crippen LogP contribution in [0.15, 0.2) is 54.6 Å². The number of amides is 3. The number of rotatable bonds is 8. The van der Waals surface area contributed by atoms with E-state index >= 15 is 0 Å². The van der Waals surface area contributed by atoms with Crippen LogP contribution in [0.1, 0.15) is 52.7 Å². The zero-order chi connectivity index (χ0) is 39.8. The van der Waals surface area contributed by atoms with Gasteiger partial charge < -0.3 is 29.2 Å². The quantitative estimate of drug-likeness (QED) is 0.322. The number of nitrogens with zero attached hydrogens (tertiary/aromatic N) is 7. The first-order chi connectivity index (χ1) is 27.5. The average Bonchev–Trinajstić information content (AvgIpc) is 3.56. The van der Waals surface area contributed by atoms with Gasteiger partial charge in [0.05, 0.1) is 29.9 Å². The number of piperidine rings is 2. The van der Waals surface area contributed by atoms with Gasteiger partial charge in [-0.2, -0.15) is 18.4 Å². The molecule has 4 saturated heterocycles. The number of carbonyl (C=O) groups is 3. The first-order valence-corrected chi connectivity index (χ1v) is 19.8. The lowest BCUT2D eigenvalue weighted by molar-refractivity contribution is -0.138. The number of nitrogens with one attached hydrogen (secondary N) is 1. The number of imide groups is 1. The zero-order valence-electron chi connectivity index (χ0n) is 32.1. The molecule has 3 aromatic carbocycles. The Morgan fingerprint density at radius 1 is 0.754 bits per heavy atom. The molecule has 3 amide bonds. The van der Waals surface area contributed by atoms with Gasteiger partial charge in [-0.05, 0) is 79.3 Å². The number of carbonyl (C=O) groups excluding carboxylic acids is 3. The molecule has 15 heteroatoms. The summed E-state index contributed by atoms with van der Waals surface area (Å²) >= 11 is 0. The summed E-state index contributed by atoms with van der Waals surface area (Å²) in [5.74, 6) is 0.170. The Hall–Kier alpha value is -5.49. The maximum Gasteiger partial charge on any atom is 0.417 e. The summed E-state index contributed by atoms with van der Waals surface area (Å²) in [6.45, 7) is 9.54. The fourth-order valence-corrected chi connectivity index (χ4v) is 9.08. The Balaban J connectivity index is 0.792. The second-order valence-electron chi connectivity index (χ2n) is 15.6. The lowest BCUT2D eigenvalue weighted by Gasteiger charge is -2.40. The monoisotopic (exact) mass is 784 g/mol. The standard InChI is InChI=1S/C42H47F3N8O4/c1-57-37-24-34(22-30-27-53(41(56)39(30)37)36-8-9-38(54)47-40(36)55)52-16-14-48(15-17-52)26-28-10-12-49(13-11-28)31-4-6-32(7-5-31)50-18-20-51(21-19-50)33-3-2-29(25-46)35(23-33)42(43,44)45/h2-7,22-24,28,36H,8-21,26-27H2,1H3,(H,47,54,55). The largest absolute Gasteiger partial charge is 0.496 e. The molecular formula is C42H47F3N8O4. The minimum absolute atomic E-state index is 0.214. The Morgan fingerprint density at radius 3 is 1.93 bits per heavy atom. The number of piperazine rings is 2. The molecule has 3 aromatic rings. The molecule has 5 aliphatic rings. The number of alkyl halides is 3. The molecule has 12 nitrogen and oxygen atoms in total. The predicted molar refractivity (Wildman–Crippen MR) is 210 cm³/mol. The summed E-state index contributed by atoms with van der Waals surface area (Å²) in [4.78, 5) is 50.8. The minimum atomic E-state index is -4.57. The fourth-order valence-electron chi connectivity index (χ4n) is 9.08. The molecule has 0 spiro atoms. The molecule has 5 aliphatic heterocycles. The number of ether oxygens (including phenoxy) is 1. The maximum atomic E-state index is 13.5. The van der Waals surface area contributed by atoms with Gasteiger partial charge in [-0.1, -0.05) is 0 Å². The molecule has 300 valence electrons. The summed E-state index contributed by atoms with van der Waals surface area (Å²) in [5, 5.41) is 11.5. The number of halogens is 3. The van der Waals surface area contributed by atoms with Crippen LogP contribution in [0.5, 0.6) is 5.75 Å². The smallest absolute Gasteiger partial charge is 0.417 e. The number of hydrogen-bond donors (Lipinski definition) is 1. The van der Waals surface area contributed by atoms with Gasteiger partial charge in [0, 0.05) is 114 Å². The molecule has 0 saturated carbocycles.